The largest absolute Gasteiger partial charge is 0.368 e. The number of nitrogens with zero attached hydrogens (tertiary/aromatic N) is 1. The molecule has 5 heteroatoms. The van der Waals surface area contributed by atoms with Gasteiger partial charge in [0.1, 0.15) is 6.04 Å². The maximum atomic E-state index is 13.0. The average molecular weight is 377 g/mol. The highest BCUT2D eigenvalue weighted by atomic mass is 16.2. The predicted molar refractivity (Wildman–Crippen MR) is 112 cm³/mol. The number of nitrogens with two attached hydrogens (primary N) is 1. The molecule has 146 valence electrons. The molecule has 1 heterocycles. The van der Waals surface area contributed by atoms with Gasteiger partial charge >= 0.3 is 0 Å². The number of carbonyl (C=O) groups excluding carboxylic acids is 2. The summed E-state index contributed by atoms with van der Waals surface area (Å²) in [4.78, 5) is 24.9. The fourth-order valence-electron chi connectivity index (χ4n) is 3.45. The molecule has 0 aliphatic rings. The lowest BCUT2D eigenvalue weighted by Crippen LogP contribution is -2.45. The molecule has 0 bridgehead atoms. The van der Waals surface area contributed by atoms with Gasteiger partial charge in [-0.2, -0.15) is 0 Å². The summed E-state index contributed by atoms with van der Waals surface area (Å²) in [7, 11) is 0. The highest BCUT2D eigenvalue weighted by molar-refractivity contribution is 6.08. The Hall–Kier alpha value is -3.08. The van der Waals surface area contributed by atoms with Gasteiger partial charge in [-0.1, -0.05) is 68.3 Å². The Balaban J connectivity index is 1.82. The molecule has 0 saturated carbocycles. The van der Waals surface area contributed by atoms with Crippen molar-refractivity contribution in [2.45, 2.75) is 45.2 Å². The third-order valence-electron chi connectivity index (χ3n) is 4.97. The maximum absolute atomic E-state index is 13.0. The van der Waals surface area contributed by atoms with Crippen LogP contribution in [-0.4, -0.2) is 22.4 Å². The van der Waals surface area contributed by atoms with Gasteiger partial charge in [0, 0.05) is 30.1 Å². The van der Waals surface area contributed by atoms with Gasteiger partial charge in [-0.25, -0.2) is 0 Å². The van der Waals surface area contributed by atoms with E-state index < -0.39 is 11.9 Å². The standard InChI is InChI=1S/C23H27N3O2/c1-2-3-9-14-26-16-19(18-12-7-8-13-21(18)26)23(28)25-20(22(24)27)15-17-10-5-4-6-11-17/h4-8,10-13,16,20H,2-3,9,14-15H2,1H3,(H2,24,27)(H,25,28). The van der Waals surface area contributed by atoms with Gasteiger partial charge in [0.15, 0.2) is 0 Å². The Bertz CT molecular complexity index is 947. The van der Waals surface area contributed by atoms with Gasteiger partial charge in [0.2, 0.25) is 5.91 Å². The first-order chi connectivity index (χ1) is 13.6. The molecular weight excluding hydrogens is 350 g/mol. The van der Waals surface area contributed by atoms with Crippen molar-refractivity contribution in [1.29, 1.82) is 0 Å². The molecule has 0 fully saturated rings. The molecule has 0 radical (unpaired) electrons. The lowest BCUT2D eigenvalue weighted by molar-refractivity contribution is -0.119. The molecule has 0 saturated heterocycles. The fraction of sp³-hybridized carbons (Fsp3) is 0.304. The van der Waals surface area contributed by atoms with Crippen LogP contribution in [-0.2, 0) is 17.8 Å². The minimum atomic E-state index is -0.753. The van der Waals surface area contributed by atoms with Crippen molar-refractivity contribution < 1.29 is 9.59 Å². The van der Waals surface area contributed by atoms with Crippen molar-refractivity contribution in [3.63, 3.8) is 0 Å². The van der Waals surface area contributed by atoms with Crippen LogP contribution in [0.3, 0.4) is 0 Å². The van der Waals surface area contributed by atoms with Crippen molar-refractivity contribution in [1.82, 2.24) is 9.88 Å². The third-order valence-corrected chi connectivity index (χ3v) is 4.97. The Kier molecular flexibility index (Phi) is 6.48. The van der Waals surface area contributed by atoms with E-state index in [1.165, 1.54) is 0 Å². The monoisotopic (exact) mass is 377 g/mol. The van der Waals surface area contributed by atoms with Gasteiger partial charge in [-0.05, 0) is 18.1 Å². The van der Waals surface area contributed by atoms with Crippen LogP contribution in [0.2, 0.25) is 0 Å². The van der Waals surface area contributed by atoms with E-state index in [0.29, 0.717) is 12.0 Å². The van der Waals surface area contributed by atoms with Crippen LogP contribution in [0, 0.1) is 0 Å². The number of para-hydroxylation sites is 1. The quantitative estimate of drug-likeness (QED) is 0.558. The molecule has 2 amide bonds. The highest BCUT2D eigenvalue weighted by Crippen LogP contribution is 2.22. The van der Waals surface area contributed by atoms with Gasteiger partial charge < -0.3 is 15.6 Å². The second kappa shape index (κ2) is 9.22. The van der Waals surface area contributed by atoms with Crippen LogP contribution < -0.4 is 11.1 Å². The highest BCUT2D eigenvalue weighted by Gasteiger charge is 2.22. The summed E-state index contributed by atoms with van der Waals surface area (Å²) in [5.74, 6) is -0.811. The van der Waals surface area contributed by atoms with Gasteiger partial charge in [-0.3, -0.25) is 9.59 Å². The number of nitrogens with one attached hydrogen (secondary N) is 1. The average Bonchev–Trinajstić information content (AvgIpc) is 3.07. The molecular formula is C23H27N3O2. The summed E-state index contributed by atoms with van der Waals surface area (Å²) in [6.07, 6.45) is 5.61. The number of rotatable bonds is 9. The molecule has 0 aliphatic heterocycles. The van der Waals surface area contributed by atoms with E-state index in [0.717, 1.165) is 42.3 Å². The second-order valence-corrected chi connectivity index (χ2v) is 7.08. The van der Waals surface area contributed by atoms with Crippen LogP contribution in [0.5, 0.6) is 0 Å². The third kappa shape index (κ3) is 4.60. The topological polar surface area (TPSA) is 77.1 Å². The van der Waals surface area contributed by atoms with E-state index in [2.05, 4.69) is 16.8 Å². The van der Waals surface area contributed by atoms with Crippen LogP contribution in [0.4, 0.5) is 0 Å². The number of aryl methyl sites for hydroxylation is 1. The van der Waals surface area contributed by atoms with Crippen molar-refractivity contribution in [3.8, 4) is 0 Å². The Morgan fingerprint density at radius 2 is 1.75 bits per heavy atom. The van der Waals surface area contributed by atoms with E-state index in [4.69, 9.17) is 5.73 Å². The normalized spacial score (nSPS) is 12.0. The summed E-state index contributed by atoms with van der Waals surface area (Å²) < 4.78 is 2.12. The summed E-state index contributed by atoms with van der Waals surface area (Å²) in [6.45, 7) is 3.04. The molecule has 0 aliphatic carbocycles. The molecule has 3 rings (SSSR count). The predicted octanol–water partition coefficient (Wildman–Crippen LogP) is 3.66. The van der Waals surface area contributed by atoms with E-state index in [1.54, 1.807) is 0 Å². The number of benzene rings is 2. The smallest absolute Gasteiger partial charge is 0.254 e. The number of unbranched alkanes of at least 4 members (excludes halogenated alkanes) is 2. The van der Waals surface area contributed by atoms with Crippen LogP contribution in [0.25, 0.3) is 10.9 Å². The lowest BCUT2D eigenvalue weighted by Gasteiger charge is -2.15. The lowest BCUT2D eigenvalue weighted by atomic mass is 10.0. The van der Waals surface area contributed by atoms with Crippen LogP contribution >= 0.6 is 0 Å². The Labute approximate surface area is 165 Å². The fourth-order valence-corrected chi connectivity index (χ4v) is 3.45. The summed E-state index contributed by atoms with van der Waals surface area (Å²) in [5, 5.41) is 3.72. The van der Waals surface area contributed by atoms with Gasteiger partial charge in [0.25, 0.3) is 5.91 Å². The van der Waals surface area contributed by atoms with E-state index in [-0.39, 0.29) is 5.91 Å². The van der Waals surface area contributed by atoms with Crippen molar-refractivity contribution in [2.75, 3.05) is 0 Å². The van der Waals surface area contributed by atoms with E-state index in [1.807, 2.05) is 60.8 Å². The molecule has 5 nitrogen and oxygen atoms in total. The van der Waals surface area contributed by atoms with Crippen molar-refractivity contribution in [3.05, 3.63) is 71.9 Å². The first-order valence-electron chi connectivity index (χ1n) is 9.82. The molecule has 1 atom stereocenters. The summed E-state index contributed by atoms with van der Waals surface area (Å²) >= 11 is 0. The zero-order valence-corrected chi connectivity index (χ0v) is 16.2. The number of primary amides is 1. The number of carbonyl (C=O) groups is 2. The van der Waals surface area contributed by atoms with Crippen LogP contribution in [0.15, 0.2) is 60.8 Å². The Morgan fingerprint density at radius 1 is 1.04 bits per heavy atom. The van der Waals surface area contributed by atoms with Crippen LogP contribution in [0.1, 0.15) is 42.1 Å². The second-order valence-electron chi connectivity index (χ2n) is 7.08. The van der Waals surface area contributed by atoms with E-state index in [9.17, 15) is 9.59 Å². The number of amides is 2. The molecule has 1 aromatic heterocycles. The zero-order chi connectivity index (χ0) is 19.9. The van der Waals surface area contributed by atoms with E-state index >= 15 is 0 Å². The number of fused-ring (bicyclic) bond motifs is 1. The molecule has 3 aromatic rings. The molecule has 3 N–H and O–H groups in total. The van der Waals surface area contributed by atoms with Gasteiger partial charge in [-0.15, -0.1) is 0 Å². The number of hydrogen-bond acceptors (Lipinski definition) is 2. The maximum Gasteiger partial charge on any atom is 0.254 e. The first-order valence-corrected chi connectivity index (χ1v) is 9.82. The molecule has 28 heavy (non-hydrogen) atoms. The first kappa shape index (κ1) is 19.7. The van der Waals surface area contributed by atoms with Gasteiger partial charge in [0.05, 0.1) is 5.56 Å². The minimum absolute atomic E-state index is 0.273. The minimum Gasteiger partial charge on any atom is -0.368 e. The molecule has 0 spiro atoms. The van der Waals surface area contributed by atoms with Crippen molar-refractivity contribution in [2.24, 2.45) is 5.73 Å². The number of aromatic nitrogens is 1. The zero-order valence-electron chi connectivity index (χ0n) is 16.2. The molecule has 1 unspecified atom stereocenters. The van der Waals surface area contributed by atoms with Crippen molar-refractivity contribution >= 4 is 22.7 Å². The number of hydrogen-bond donors (Lipinski definition) is 2. The molecule has 2 aromatic carbocycles. The summed E-state index contributed by atoms with van der Waals surface area (Å²) in [6, 6.07) is 16.7. The summed E-state index contributed by atoms with van der Waals surface area (Å²) in [5.41, 5.74) is 8.11. The SMILES string of the molecule is CCCCCn1cc(C(=O)NC(Cc2ccccc2)C(N)=O)c2ccccc21. The Morgan fingerprint density at radius 3 is 2.46 bits per heavy atom.